The van der Waals surface area contributed by atoms with Crippen LogP contribution in [-0.4, -0.2) is 31.0 Å². The van der Waals surface area contributed by atoms with Crippen LogP contribution in [0.2, 0.25) is 0 Å². The number of carbonyl (C=O) groups excluding carboxylic acids is 1. The van der Waals surface area contributed by atoms with Crippen molar-refractivity contribution < 1.29 is 19.4 Å². The van der Waals surface area contributed by atoms with Gasteiger partial charge in [-0.05, 0) is 64.8 Å². The highest BCUT2D eigenvalue weighted by atomic mass is 79.9. The number of ether oxygens (including phenoxy) is 2. The number of aromatic hydroxyl groups is 1. The van der Waals surface area contributed by atoms with Gasteiger partial charge in [-0.2, -0.15) is 5.10 Å². The summed E-state index contributed by atoms with van der Waals surface area (Å²) in [4.78, 5) is 11.6. The molecule has 0 saturated heterocycles. The molecule has 0 aliphatic carbocycles. The molecule has 0 unspecified atom stereocenters. The highest BCUT2D eigenvalue weighted by Gasteiger charge is 2.07. The van der Waals surface area contributed by atoms with Gasteiger partial charge >= 0.3 is 5.97 Å². The van der Waals surface area contributed by atoms with E-state index in [1.54, 1.807) is 49.5 Å². The van der Waals surface area contributed by atoms with Crippen LogP contribution in [0.4, 0.5) is 5.69 Å². The Morgan fingerprint density at radius 2 is 2.04 bits per heavy atom. The Kier molecular flexibility index (Phi) is 6.20. The van der Waals surface area contributed by atoms with Crippen LogP contribution < -0.4 is 10.2 Å². The molecule has 24 heavy (non-hydrogen) atoms. The zero-order valence-corrected chi connectivity index (χ0v) is 14.8. The Labute approximate surface area is 148 Å². The maximum Gasteiger partial charge on any atom is 0.338 e. The molecule has 2 aromatic carbocycles. The minimum atomic E-state index is -0.353. The number of hydrogen-bond donors (Lipinski definition) is 2. The van der Waals surface area contributed by atoms with Crippen molar-refractivity contribution in [1.29, 1.82) is 0 Å². The lowest BCUT2D eigenvalue weighted by Crippen LogP contribution is -2.04. The lowest BCUT2D eigenvalue weighted by atomic mass is 10.2. The molecule has 2 N–H and O–H groups in total. The van der Waals surface area contributed by atoms with E-state index in [0.29, 0.717) is 22.4 Å². The average molecular weight is 393 g/mol. The minimum absolute atomic E-state index is 0.0390. The molecule has 0 aliphatic rings. The molecule has 0 amide bonds. The van der Waals surface area contributed by atoms with Crippen molar-refractivity contribution in [2.24, 2.45) is 5.10 Å². The van der Waals surface area contributed by atoms with Crippen LogP contribution in [0.25, 0.3) is 0 Å². The second-order valence-corrected chi connectivity index (χ2v) is 5.58. The van der Waals surface area contributed by atoms with Gasteiger partial charge in [0.1, 0.15) is 0 Å². The molecule has 0 saturated carbocycles. The number of carbonyl (C=O) groups is 1. The van der Waals surface area contributed by atoms with Crippen molar-refractivity contribution >= 4 is 33.8 Å². The van der Waals surface area contributed by atoms with Crippen molar-refractivity contribution in [3.8, 4) is 11.5 Å². The molecule has 0 bridgehead atoms. The van der Waals surface area contributed by atoms with Crippen molar-refractivity contribution in [2.45, 2.75) is 6.92 Å². The van der Waals surface area contributed by atoms with Crippen LogP contribution in [0.5, 0.6) is 11.5 Å². The summed E-state index contributed by atoms with van der Waals surface area (Å²) in [6.45, 7) is 2.11. The molecule has 0 spiro atoms. The number of anilines is 1. The zero-order valence-electron chi connectivity index (χ0n) is 13.2. The predicted octanol–water partition coefficient (Wildman–Crippen LogP) is 3.79. The molecule has 2 rings (SSSR count). The quantitative estimate of drug-likeness (QED) is 0.444. The van der Waals surface area contributed by atoms with Crippen LogP contribution >= 0.6 is 15.9 Å². The highest BCUT2D eigenvalue weighted by Crippen LogP contribution is 2.34. The van der Waals surface area contributed by atoms with Gasteiger partial charge in [-0.3, -0.25) is 5.43 Å². The molecule has 0 aliphatic heterocycles. The Bertz CT molecular complexity index is 745. The number of methoxy groups -OCH3 is 1. The van der Waals surface area contributed by atoms with Crippen LogP contribution in [0, 0.1) is 0 Å². The maximum atomic E-state index is 11.6. The van der Waals surface area contributed by atoms with Gasteiger partial charge in [0.25, 0.3) is 0 Å². The second-order valence-electron chi connectivity index (χ2n) is 4.72. The number of hydrogen-bond acceptors (Lipinski definition) is 6. The molecule has 0 atom stereocenters. The van der Waals surface area contributed by atoms with Crippen LogP contribution in [0.3, 0.4) is 0 Å². The van der Waals surface area contributed by atoms with Gasteiger partial charge in [0.2, 0.25) is 0 Å². The summed E-state index contributed by atoms with van der Waals surface area (Å²) in [5, 5.41) is 13.9. The number of nitrogens with zero attached hydrogens (tertiary/aromatic N) is 1. The first-order chi connectivity index (χ1) is 11.5. The SMILES string of the molecule is CCOC(=O)c1ccc(N/N=C\c2cc(Br)c(O)c(OC)c2)cc1. The standard InChI is InChI=1S/C17H17BrN2O4/c1-3-24-17(22)12-4-6-13(7-5-12)20-19-10-11-8-14(18)16(21)15(9-11)23-2/h4-10,20-21H,3H2,1-2H3/b19-10-. The molecule has 6 nitrogen and oxygen atoms in total. The van der Waals surface area contributed by atoms with E-state index in [-0.39, 0.29) is 11.7 Å². The lowest BCUT2D eigenvalue weighted by molar-refractivity contribution is 0.0526. The third-order valence-corrected chi connectivity index (χ3v) is 3.68. The third-order valence-electron chi connectivity index (χ3n) is 3.07. The topological polar surface area (TPSA) is 80.2 Å². The van der Waals surface area contributed by atoms with E-state index >= 15 is 0 Å². The summed E-state index contributed by atoms with van der Waals surface area (Å²) in [6.07, 6.45) is 1.59. The molecule has 126 valence electrons. The summed E-state index contributed by atoms with van der Waals surface area (Å²) in [7, 11) is 1.48. The summed E-state index contributed by atoms with van der Waals surface area (Å²) in [5.41, 5.74) is 4.82. The monoisotopic (exact) mass is 392 g/mol. The summed E-state index contributed by atoms with van der Waals surface area (Å²) < 4.78 is 10.5. The maximum absolute atomic E-state index is 11.6. The van der Waals surface area contributed by atoms with Crippen LogP contribution in [-0.2, 0) is 4.74 Å². The summed E-state index contributed by atoms with van der Waals surface area (Å²) >= 11 is 3.25. The second kappa shape index (κ2) is 8.35. The number of phenolic OH excluding ortho intramolecular Hbond substituents is 1. The van der Waals surface area contributed by atoms with Crippen molar-refractivity contribution in [2.75, 3.05) is 19.1 Å². The smallest absolute Gasteiger partial charge is 0.338 e. The summed E-state index contributed by atoms with van der Waals surface area (Å²) in [5.74, 6) is 0.0374. The first-order valence-electron chi connectivity index (χ1n) is 7.18. The lowest BCUT2D eigenvalue weighted by Gasteiger charge is -2.06. The van der Waals surface area contributed by atoms with Gasteiger partial charge in [-0.25, -0.2) is 4.79 Å². The number of rotatable bonds is 6. The highest BCUT2D eigenvalue weighted by molar-refractivity contribution is 9.10. The molecular weight excluding hydrogens is 376 g/mol. The number of halogens is 1. The van der Waals surface area contributed by atoms with Gasteiger partial charge in [0.15, 0.2) is 11.5 Å². The van der Waals surface area contributed by atoms with Gasteiger partial charge in [-0.1, -0.05) is 0 Å². The fourth-order valence-corrected chi connectivity index (χ4v) is 2.36. The number of esters is 1. The number of hydrazone groups is 1. The Hall–Kier alpha value is -2.54. The summed E-state index contributed by atoms with van der Waals surface area (Å²) in [6, 6.07) is 10.2. The predicted molar refractivity (Wildman–Crippen MR) is 96.0 cm³/mol. The Morgan fingerprint density at radius 1 is 1.33 bits per heavy atom. The zero-order chi connectivity index (χ0) is 17.5. The largest absolute Gasteiger partial charge is 0.503 e. The Morgan fingerprint density at radius 3 is 2.67 bits per heavy atom. The van der Waals surface area contributed by atoms with Gasteiger partial charge in [0.05, 0.1) is 35.7 Å². The fraction of sp³-hybridized carbons (Fsp3) is 0.176. The van der Waals surface area contributed by atoms with E-state index in [1.807, 2.05) is 0 Å². The molecule has 2 aromatic rings. The van der Waals surface area contributed by atoms with Gasteiger partial charge < -0.3 is 14.6 Å². The van der Waals surface area contributed by atoms with E-state index in [1.165, 1.54) is 7.11 Å². The first kappa shape index (κ1) is 17.8. The molecule has 0 aromatic heterocycles. The number of phenols is 1. The van der Waals surface area contributed by atoms with Gasteiger partial charge in [-0.15, -0.1) is 0 Å². The van der Waals surface area contributed by atoms with E-state index in [2.05, 4.69) is 26.5 Å². The Balaban J connectivity index is 2.04. The number of benzene rings is 2. The van der Waals surface area contributed by atoms with Gasteiger partial charge in [0, 0.05) is 0 Å². The molecular formula is C17H17BrN2O4. The van der Waals surface area contributed by atoms with Crippen molar-refractivity contribution in [1.82, 2.24) is 0 Å². The van der Waals surface area contributed by atoms with E-state index < -0.39 is 0 Å². The molecule has 0 heterocycles. The van der Waals surface area contributed by atoms with Crippen LogP contribution in [0.15, 0.2) is 46.0 Å². The van der Waals surface area contributed by atoms with Crippen molar-refractivity contribution in [3.63, 3.8) is 0 Å². The van der Waals surface area contributed by atoms with E-state index in [4.69, 9.17) is 9.47 Å². The molecule has 0 radical (unpaired) electrons. The fourth-order valence-electron chi connectivity index (χ4n) is 1.90. The van der Waals surface area contributed by atoms with E-state index in [0.717, 1.165) is 11.3 Å². The first-order valence-corrected chi connectivity index (χ1v) is 7.97. The number of nitrogens with one attached hydrogen (secondary N) is 1. The molecule has 0 fully saturated rings. The minimum Gasteiger partial charge on any atom is -0.503 e. The normalized spacial score (nSPS) is 10.6. The van der Waals surface area contributed by atoms with Crippen LogP contribution in [0.1, 0.15) is 22.8 Å². The van der Waals surface area contributed by atoms with Crippen molar-refractivity contribution in [3.05, 3.63) is 52.0 Å². The van der Waals surface area contributed by atoms with E-state index in [9.17, 15) is 9.90 Å². The third kappa shape index (κ3) is 4.48. The average Bonchev–Trinajstić information content (AvgIpc) is 2.58. The molecule has 7 heteroatoms.